The molecule has 15 heavy (non-hydrogen) atoms. The van der Waals surface area contributed by atoms with Crippen LogP contribution < -0.4 is 5.32 Å². The van der Waals surface area contributed by atoms with Gasteiger partial charge in [-0.15, -0.1) is 0 Å². The third-order valence-corrected chi connectivity index (χ3v) is 1.89. The molecule has 0 amide bonds. The Hall–Kier alpha value is -1.71. The molecule has 4 heteroatoms. The molecule has 1 atom stereocenters. The number of benzene rings is 1. The van der Waals surface area contributed by atoms with Crippen LogP contribution in [0.2, 0.25) is 0 Å². The van der Waals surface area contributed by atoms with E-state index in [1.165, 1.54) is 0 Å². The van der Waals surface area contributed by atoms with Gasteiger partial charge in [0.2, 0.25) is 0 Å². The van der Waals surface area contributed by atoms with Crippen LogP contribution >= 0.6 is 0 Å². The smallest absolute Gasteiger partial charge is 0.328 e. The lowest BCUT2D eigenvalue weighted by Gasteiger charge is -2.13. The van der Waals surface area contributed by atoms with Gasteiger partial charge < -0.3 is 15.2 Å². The molecule has 1 unspecified atom stereocenters. The molecule has 0 saturated heterocycles. The van der Waals surface area contributed by atoms with Gasteiger partial charge in [0.05, 0.1) is 6.61 Å². The molecule has 0 bridgehead atoms. The average Bonchev–Trinajstić information content (AvgIpc) is 2.22. The van der Waals surface area contributed by atoms with Crippen LogP contribution in [0.4, 0.5) is 5.69 Å². The van der Waals surface area contributed by atoms with E-state index in [-0.39, 0.29) is 11.7 Å². The Morgan fingerprint density at radius 3 is 2.60 bits per heavy atom. The van der Waals surface area contributed by atoms with Crippen LogP contribution in [0.25, 0.3) is 0 Å². The Kier molecular flexibility index (Phi) is 3.97. The van der Waals surface area contributed by atoms with Gasteiger partial charge in [-0.2, -0.15) is 0 Å². The fraction of sp³-hybridized carbons (Fsp3) is 0.364. The van der Waals surface area contributed by atoms with Crippen LogP contribution in [0.5, 0.6) is 5.75 Å². The number of rotatable bonds is 4. The van der Waals surface area contributed by atoms with Crippen molar-refractivity contribution < 1.29 is 14.6 Å². The summed E-state index contributed by atoms with van der Waals surface area (Å²) in [6.07, 6.45) is 0. The van der Waals surface area contributed by atoms with Crippen LogP contribution in [0, 0.1) is 0 Å². The molecule has 0 heterocycles. The van der Waals surface area contributed by atoms with Crippen LogP contribution in [-0.4, -0.2) is 23.7 Å². The summed E-state index contributed by atoms with van der Waals surface area (Å²) >= 11 is 0. The van der Waals surface area contributed by atoms with Gasteiger partial charge in [0.15, 0.2) is 0 Å². The SMILES string of the molecule is CCOC(=O)C(C)Nc1ccc(O)cc1. The second kappa shape index (κ2) is 5.24. The first-order valence-corrected chi connectivity index (χ1v) is 4.85. The van der Waals surface area contributed by atoms with Crippen molar-refractivity contribution in [3.05, 3.63) is 24.3 Å². The number of ether oxygens (including phenoxy) is 1. The molecule has 0 aliphatic heterocycles. The summed E-state index contributed by atoms with van der Waals surface area (Å²) in [7, 11) is 0. The van der Waals surface area contributed by atoms with Crippen LogP contribution in [0.1, 0.15) is 13.8 Å². The van der Waals surface area contributed by atoms with Crippen molar-refractivity contribution in [3.8, 4) is 5.75 Å². The van der Waals surface area contributed by atoms with Gasteiger partial charge in [-0.05, 0) is 38.1 Å². The second-order valence-electron chi connectivity index (χ2n) is 3.16. The summed E-state index contributed by atoms with van der Waals surface area (Å²) in [5.74, 6) is -0.0880. The monoisotopic (exact) mass is 209 g/mol. The van der Waals surface area contributed by atoms with Gasteiger partial charge in [-0.25, -0.2) is 4.79 Å². The van der Waals surface area contributed by atoms with E-state index < -0.39 is 6.04 Å². The molecule has 4 nitrogen and oxygen atoms in total. The summed E-state index contributed by atoms with van der Waals surface area (Å²) in [5, 5.41) is 12.0. The summed E-state index contributed by atoms with van der Waals surface area (Å²) in [5.41, 5.74) is 0.772. The van der Waals surface area contributed by atoms with Gasteiger partial charge in [-0.3, -0.25) is 0 Å². The minimum absolute atomic E-state index is 0.198. The molecule has 0 saturated carbocycles. The molecule has 0 aliphatic rings. The van der Waals surface area contributed by atoms with Gasteiger partial charge in [0.25, 0.3) is 0 Å². The third kappa shape index (κ3) is 3.50. The first-order chi connectivity index (χ1) is 7.13. The number of carbonyl (C=O) groups is 1. The number of phenols is 1. The van der Waals surface area contributed by atoms with Crippen molar-refractivity contribution >= 4 is 11.7 Å². The van der Waals surface area contributed by atoms with Crippen molar-refractivity contribution in [2.45, 2.75) is 19.9 Å². The Morgan fingerprint density at radius 1 is 1.47 bits per heavy atom. The fourth-order valence-electron chi connectivity index (χ4n) is 1.13. The van der Waals surface area contributed by atoms with E-state index >= 15 is 0 Å². The van der Waals surface area contributed by atoms with Crippen molar-refractivity contribution in [2.75, 3.05) is 11.9 Å². The van der Waals surface area contributed by atoms with Gasteiger partial charge in [0, 0.05) is 5.69 Å². The lowest BCUT2D eigenvalue weighted by Crippen LogP contribution is -2.28. The molecule has 2 N–H and O–H groups in total. The first kappa shape index (κ1) is 11.4. The molecule has 82 valence electrons. The molecular formula is C11H15NO3. The minimum Gasteiger partial charge on any atom is -0.508 e. The topological polar surface area (TPSA) is 58.6 Å². The number of aromatic hydroxyl groups is 1. The molecular weight excluding hydrogens is 194 g/mol. The van der Waals surface area contributed by atoms with Crippen LogP contribution in [0.3, 0.4) is 0 Å². The molecule has 0 fully saturated rings. The third-order valence-electron chi connectivity index (χ3n) is 1.89. The molecule has 0 aliphatic carbocycles. The average molecular weight is 209 g/mol. The van der Waals surface area contributed by atoms with Crippen molar-refractivity contribution in [1.29, 1.82) is 0 Å². The van der Waals surface area contributed by atoms with E-state index in [4.69, 9.17) is 9.84 Å². The Morgan fingerprint density at radius 2 is 2.07 bits per heavy atom. The molecule has 0 radical (unpaired) electrons. The predicted octanol–water partition coefficient (Wildman–Crippen LogP) is 1.76. The van der Waals surface area contributed by atoms with Gasteiger partial charge >= 0.3 is 5.97 Å². The molecule has 0 aromatic heterocycles. The Bertz CT molecular complexity index is 321. The summed E-state index contributed by atoms with van der Waals surface area (Å²) in [4.78, 5) is 11.3. The fourth-order valence-corrected chi connectivity index (χ4v) is 1.13. The van der Waals surface area contributed by atoms with Gasteiger partial charge in [0.1, 0.15) is 11.8 Å². The maximum Gasteiger partial charge on any atom is 0.328 e. The van der Waals surface area contributed by atoms with E-state index in [1.807, 2.05) is 0 Å². The van der Waals surface area contributed by atoms with Crippen LogP contribution in [0.15, 0.2) is 24.3 Å². The van der Waals surface area contributed by atoms with Gasteiger partial charge in [-0.1, -0.05) is 0 Å². The molecule has 0 spiro atoms. The molecule has 1 rings (SSSR count). The van der Waals surface area contributed by atoms with Crippen molar-refractivity contribution in [1.82, 2.24) is 0 Å². The zero-order chi connectivity index (χ0) is 11.3. The zero-order valence-electron chi connectivity index (χ0n) is 8.86. The number of esters is 1. The number of carbonyl (C=O) groups excluding carboxylic acids is 1. The minimum atomic E-state index is -0.394. The predicted molar refractivity (Wildman–Crippen MR) is 57.8 cm³/mol. The zero-order valence-corrected chi connectivity index (χ0v) is 8.86. The van der Waals surface area contributed by atoms with Crippen molar-refractivity contribution in [2.24, 2.45) is 0 Å². The standard InChI is InChI=1S/C11H15NO3/c1-3-15-11(14)8(2)12-9-4-6-10(13)7-5-9/h4-8,12-13H,3H2,1-2H3. The second-order valence-corrected chi connectivity index (χ2v) is 3.16. The van der Waals surface area contributed by atoms with Crippen molar-refractivity contribution in [3.63, 3.8) is 0 Å². The Labute approximate surface area is 88.9 Å². The van der Waals surface area contributed by atoms with E-state index in [2.05, 4.69) is 5.32 Å². The summed E-state index contributed by atoms with van der Waals surface area (Å²) < 4.78 is 4.85. The Balaban J connectivity index is 2.54. The number of nitrogens with one attached hydrogen (secondary N) is 1. The van der Waals surface area contributed by atoms with E-state index in [0.29, 0.717) is 6.61 Å². The lowest BCUT2D eigenvalue weighted by molar-refractivity contribution is -0.143. The van der Waals surface area contributed by atoms with Crippen LogP contribution in [-0.2, 0) is 9.53 Å². The highest BCUT2D eigenvalue weighted by atomic mass is 16.5. The maximum absolute atomic E-state index is 11.3. The number of hydrogen-bond acceptors (Lipinski definition) is 4. The number of phenolic OH excluding ortho intramolecular Hbond substituents is 1. The lowest BCUT2D eigenvalue weighted by atomic mass is 10.2. The highest BCUT2D eigenvalue weighted by molar-refractivity contribution is 5.78. The quantitative estimate of drug-likeness (QED) is 0.586. The maximum atomic E-state index is 11.3. The summed E-state index contributed by atoms with van der Waals surface area (Å²) in [6.45, 7) is 3.87. The summed E-state index contributed by atoms with van der Waals surface area (Å²) in [6, 6.07) is 6.12. The van der Waals surface area contributed by atoms with E-state index in [0.717, 1.165) is 5.69 Å². The number of anilines is 1. The van der Waals surface area contributed by atoms with E-state index in [9.17, 15) is 4.79 Å². The molecule has 1 aromatic carbocycles. The highest BCUT2D eigenvalue weighted by Gasteiger charge is 2.12. The largest absolute Gasteiger partial charge is 0.508 e. The normalized spacial score (nSPS) is 11.9. The number of hydrogen-bond donors (Lipinski definition) is 2. The molecule has 1 aromatic rings. The first-order valence-electron chi connectivity index (χ1n) is 4.85. The highest BCUT2D eigenvalue weighted by Crippen LogP contribution is 2.14. The van der Waals surface area contributed by atoms with E-state index in [1.54, 1.807) is 38.1 Å².